The molecule has 1 N–H and O–H groups in total. The predicted octanol–water partition coefficient (Wildman–Crippen LogP) is 3.27. The molecule has 0 unspecified atom stereocenters. The summed E-state index contributed by atoms with van der Waals surface area (Å²) < 4.78 is 5.64. The number of hydrogen-bond acceptors (Lipinski definition) is 3. The van der Waals surface area contributed by atoms with Crippen LogP contribution in [0.5, 0.6) is 5.75 Å². The van der Waals surface area contributed by atoms with E-state index in [1.807, 2.05) is 19.9 Å². The Morgan fingerprint density at radius 3 is 2.61 bits per heavy atom. The van der Waals surface area contributed by atoms with Gasteiger partial charge in [0.2, 0.25) is 0 Å². The lowest BCUT2D eigenvalue weighted by molar-refractivity contribution is -0.0125. The molecule has 1 aliphatic carbocycles. The Balaban J connectivity index is 2.17. The predicted molar refractivity (Wildman–Crippen MR) is 71.5 cm³/mol. The Labute approximate surface area is 109 Å². The van der Waals surface area contributed by atoms with Crippen molar-refractivity contribution in [2.45, 2.75) is 58.2 Å². The highest BCUT2D eigenvalue weighted by atomic mass is 16.5. The summed E-state index contributed by atoms with van der Waals surface area (Å²) in [4.78, 5) is 4.19. The molecule has 0 atom stereocenters. The maximum absolute atomic E-state index is 10.7. The van der Waals surface area contributed by atoms with Crippen molar-refractivity contribution in [1.29, 1.82) is 0 Å². The number of hydrogen-bond donors (Lipinski definition) is 1. The minimum absolute atomic E-state index is 0.128. The fourth-order valence-corrected chi connectivity index (χ4v) is 2.54. The summed E-state index contributed by atoms with van der Waals surface area (Å²) in [7, 11) is 0. The third-order valence-electron chi connectivity index (χ3n) is 3.72. The molecule has 2 rings (SSSR count). The van der Waals surface area contributed by atoms with E-state index in [1.165, 1.54) is 0 Å². The fourth-order valence-electron chi connectivity index (χ4n) is 2.54. The van der Waals surface area contributed by atoms with Crippen molar-refractivity contribution in [2.24, 2.45) is 5.92 Å². The second-order valence-electron chi connectivity index (χ2n) is 5.79. The highest BCUT2D eigenvalue weighted by Crippen LogP contribution is 2.39. The molecule has 3 heteroatoms. The van der Waals surface area contributed by atoms with E-state index in [4.69, 9.17) is 4.74 Å². The van der Waals surface area contributed by atoms with Crippen molar-refractivity contribution in [2.75, 3.05) is 0 Å². The summed E-state index contributed by atoms with van der Waals surface area (Å²) in [5.74, 6) is 1.46. The van der Waals surface area contributed by atoms with Gasteiger partial charge in [-0.05, 0) is 51.5 Å². The van der Waals surface area contributed by atoms with Crippen molar-refractivity contribution in [3.05, 3.63) is 24.0 Å². The second-order valence-corrected chi connectivity index (χ2v) is 5.79. The molecule has 0 bridgehead atoms. The zero-order chi connectivity index (χ0) is 13.2. The molecule has 18 heavy (non-hydrogen) atoms. The van der Waals surface area contributed by atoms with Gasteiger partial charge in [0.15, 0.2) is 0 Å². The van der Waals surface area contributed by atoms with Crippen molar-refractivity contribution in [3.63, 3.8) is 0 Å². The lowest BCUT2D eigenvalue weighted by Gasteiger charge is -2.35. The van der Waals surface area contributed by atoms with Gasteiger partial charge in [0.05, 0.1) is 17.9 Å². The van der Waals surface area contributed by atoms with Crippen LogP contribution < -0.4 is 4.74 Å². The van der Waals surface area contributed by atoms with E-state index >= 15 is 0 Å². The molecule has 1 aromatic heterocycles. The summed E-state index contributed by atoms with van der Waals surface area (Å²) in [6.45, 7) is 6.23. The Morgan fingerprint density at radius 2 is 2.00 bits per heavy atom. The van der Waals surface area contributed by atoms with E-state index in [9.17, 15) is 5.11 Å². The van der Waals surface area contributed by atoms with Crippen LogP contribution in [0.25, 0.3) is 0 Å². The first-order chi connectivity index (χ1) is 8.49. The van der Waals surface area contributed by atoms with Crippen LogP contribution in [0.2, 0.25) is 0 Å². The lowest BCUT2D eigenvalue weighted by Crippen LogP contribution is -2.31. The van der Waals surface area contributed by atoms with Gasteiger partial charge in [0.1, 0.15) is 5.75 Å². The fraction of sp³-hybridized carbons (Fsp3) is 0.667. The number of aromatic nitrogens is 1. The van der Waals surface area contributed by atoms with Crippen LogP contribution in [0.15, 0.2) is 18.5 Å². The van der Waals surface area contributed by atoms with Crippen LogP contribution in [-0.2, 0) is 5.60 Å². The minimum atomic E-state index is -0.712. The standard InChI is InChI=1S/C15H23NO2/c1-11(2)18-14-8-13(9-16-10-14)15(17)6-4-12(3)5-7-15/h8-12,17H,4-7H2,1-3H3. The molecule has 0 spiro atoms. The van der Waals surface area contributed by atoms with Gasteiger partial charge in [-0.2, -0.15) is 0 Å². The first-order valence-corrected chi connectivity index (χ1v) is 6.84. The number of rotatable bonds is 3. The van der Waals surface area contributed by atoms with E-state index in [2.05, 4.69) is 11.9 Å². The van der Waals surface area contributed by atoms with Gasteiger partial charge in [-0.1, -0.05) is 6.92 Å². The highest BCUT2D eigenvalue weighted by Gasteiger charge is 2.34. The minimum Gasteiger partial charge on any atom is -0.489 e. The maximum atomic E-state index is 10.7. The molecule has 1 aliphatic rings. The van der Waals surface area contributed by atoms with E-state index in [-0.39, 0.29) is 6.10 Å². The SMILES string of the molecule is CC1CCC(O)(c2cncc(OC(C)C)c2)CC1. The van der Waals surface area contributed by atoms with Gasteiger partial charge in [0, 0.05) is 11.8 Å². The number of nitrogens with zero attached hydrogens (tertiary/aromatic N) is 1. The molecule has 3 nitrogen and oxygen atoms in total. The summed E-state index contributed by atoms with van der Waals surface area (Å²) in [5.41, 5.74) is 0.183. The molecule has 0 amide bonds. The van der Waals surface area contributed by atoms with Crippen molar-refractivity contribution in [3.8, 4) is 5.75 Å². The first-order valence-electron chi connectivity index (χ1n) is 6.84. The van der Waals surface area contributed by atoms with Crippen LogP contribution in [0.1, 0.15) is 52.0 Å². The molecule has 1 saturated carbocycles. The van der Waals surface area contributed by atoms with E-state index in [1.54, 1.807) is 12.4 Å². The number of aliphatic hydroxyl groups is 1. The van der Waals surface area contributed by atoms with Crippen LogP contribution in [0.4, 0.5) is 0 Å². The summed E-state index contributed by atoms with van der Waals surface area (Å²) in [6, 6.07) is 1.93. The van der Waals surface area contributed by atoms with Gasteiger partial charge in [-0.3, -0.25) is 4.98 Å². The van der Waals surface area contributed by atoms with Crippen molar-refractivity contribution in [1.82, 2.24) is 4.98 Å². The highest BCUT2D eigenvalue weighted by molar-refractivity contribution is 5.28. The zero-order valence-corrected chi connectivity index (χ0v) is 11.5. The smallest absolute Gasteiger partial charge is 0.138 e. The zero-order valence-electron chi connectivity index (χ0n) is 11.5. The van der Waals surface area contributed by atoms with E-state index in [0.717, 1.165) is 37.0 Å². The van der Waals surface area contributed by atoms with Gasteiger partial charge in [-0.25, -0.2) is 0 Å². The Morgan fingerprint density at radius 1 is 1.33 bits per heavy atom. The lowest BCUT2D eigenvalue weighted by atomic mass is 9.76. The molecule has 0 aliphatic heterocycles. The maximum Gasteiger partial charge on any atom is 0.138 e. The Kier molecular flexibility index (Phi) is 3.91. The molecule has 1 fully saturated rings. The summed E-state index contributed by atoms with van der Waals surface area (Å²) in [5, 5.41) is 10.7. The third-order valence-corrected chi connectivity index (χ3v) is 3.72. The normalized spacial score (nSPS) is 28.4. The largest absolute Gasteiger partial charge is 0.489 e. The molecule has 0 aromatic carbocycles. The van der Waals surface area contributed by atoms with Gasteiger partial charge in [0.25, 0.3) is 0 Å². The van der Waals surface area contributed by atoms with Crippen LogP contribution in [0, 0.1) is 5.92 Å². The number of pyridine rings is 1. The average Bonchev–Trinajstić information content (AvgIpc) is 2.33. The van der Waals surface area contributed by atoms with Crippen molar-refractivity contribution < 1.29 is 9.84 Å². The first kappa shape index (κ1) is 13.3. The quantitative estimate of drug-likeness (QED) is 0.894. The van der Waals surface area contributed by atoms with Crippen molar-refractivity contribution >= 4 is 0 Å². The molecule has 100 valence electrons. The second kappa shape index (κ2) is 5.27. The molecule has 1 heterocycles. The Hall–Kier alpha value is -1.09. The van der Waals surface area contributed by atoms with E-state index < -0.39 is 5.60 Å². The number of ether oxygens (including phenoxy) is 1. The van der Waals surface area contributed by atoms with Gasteiger partial charge in [-0.15, -0.1) is 0 Å². The molecular formula is C15H23NO2. The molecule has 1 aromatic rings. The summed E-state index contributed by atoms with van der Waals surface area (Å²) >= 11 is 0. The molecular weight excluding hydrogens is 226 g/mol. The van der Waals surface area contributed by atoms with Gasteiger partial charge >= 0.3 is 0 Å². The topological polar surface area (TPSA) is 42.4 Å². The van der Waals surface area contributed by atoms with E-state index in [0.29, 0.717) is 5.92 Å². The molecule has 0 saturated heterocycles. The average molecular weight is 249 g/mol. The molecule has 0 radical (unpaired) electrons. The third kappa shape index (κ3) is 3.02. The van der Waals surface area contributed by atoms with Crippen LogP contribution >= 0.6 is 0 Å². The Bertz CT molecular complexity index is 395. The van der Waals surface area contributed by atoms with Gasteiger partial charge < -0.3 is 9.84 Å². The monoisotopic (exact) mass is 249 g/mol. The summed E-state index contributed by atoms with van der Waals surface area (Å²) in [6.07, 6.45) is 7.39. The van der Waals surface area contributed by atoms with Crippen LogP contribution in [0.3, 0.4) is 0 Å². The van der Waals surface area contributed by atoms with Crippen LogP contribution in [-0.4, -0.2) is 16.2 Å².